The van der Waals surface area contributed by atoms with Gasteiger partial charge in [-0.2, -0.15) is 0 Å². The summed E-state index contributed by atoms with van der Waals surface area (Å²) in [6, 6.07) is 28.0. The van der Waals surface area contributed by atoms with E-state index in [0.29, 0.717) is 16.0 Å². The van der Waals surface area contributed by atoms with Crippen molar-refractivity contribution in [2.45, 2.75) is 12.6 Å². The lowest BCUT2D eigenvalue weighted by Gasteiger charge is -2.11. The topological polar surface area (TPSA) is 71.0 Å². The van der Waals surface area contributed by atoms with Crippen LogP contribution in [0, 0.1) is 0 Å². The summed E-state index contributed by atoms with van der Waals surface area (Å²) in [6.07, 6.45) is 0. The van der Waals surface area contributed by atoms with Gasteiger partial charge in [0.15, 0.2) is 0 Å². The number of halogens is 1. The number of hydrogen-bond acceptors (Lipinski definition) is 5. The van der Waals surface area contributed by atoms with Crippen molar-refractivity contribution in [1.82, 2.24) is 0 Å². The highest BCUT2D eigenvalue weighted by atomic mass is 35.5. The summed E-state index contributed by atoms with van der Waals surface area (Å²) in [6.45, 7) is 0.0886. The first kappa shape index (κ1) is 22.0. The summed E-state index contributed by atoms with van der Waals surface area (Å²) in [7, 11) is -2.62. The van der Waals surface area contributed by atoms with Crippen LogP contribution in [0.1, 0.15) is 17.2 Å². The second-order valence-electron chi connectivity index (χ2n) is 6.95. The SMILES string of the molecule is O=C(OCc1ccccc1)[C@@H](N=[P+]([O-])Oc1c(Cl)ccc2ccccc12)c1ccccc1. The minimum atomic E-state index is -2.62. The second kappa shape index (κ2) is 10.4. The molecule has 2 atom stereocenters. The highest BCUT2D eigenvalue weighted by molar-refractivity contribution is 7.34. The maximum atomic E-state index is 12.9. The van der Waals surface area contributed by atoms with Crippen LogP contribution in [-0.2, 0) is 16.1 Å². The monoisotopic (exact) mass is 463 g/mol. The van der Waals surface area contributed by atoms with Gasteiger partial charge in [0.05, 0.1) is 5.02 Å². The fourth-order valence-corrected chi connectivity index (χ4v) is 4.27. The number of ether oxygens (including phenoxy) is 1. The molecule has 0 radical (unpaired) electrons. The van der Waals surface area contributed by atoms with E-state index in [4.69, 9.17) is 20.9 Å². The molecule has 160 valence electrons. The van der Waals surface area contributed by atoms with Crippen LogP contribution >= 0.6 is 19.8 Å². The van der Waals surface area contributed by atoms with Crippen molar-refractivity contribution in [2.24, 2.45) is 4.74 Å². The molecule has 0 aromatic heterocycles. The first-order chi connectivity index (χ1) is 15.6. The van der Waals surface area contributed by atoms with E-state index in [1.54, 1.807) is 30.3 Å². The molecule has 4 aromatic carbocycles. The Hall–Kier alpha value is -3.24. The number of esters is 1. The van der Waals surface area contributed by atoms with Crippen LogP contribution in [0.25, 0.3) is 10.8 Å². The van der Waals surface area contributed by atoms with E-state index < -0.39 is 20.2 Å². The molecular formula is C25H19ClNO4P. The van der Waals surface area contributed by atoms with Crippen LogP contribution in [0.2, 0.25) is 5.02 Å². The van der Waals surface area contributed by atoms with Gasteiger partial charge in [0.25, 0.3) is 0 Å². The number of carbonyl (C=O) groups excluding carboxylic acids is 1. The number of fused-ring (bicyclic) bond motifs is 1. The van der Waals surface area contributed by atoms with Crippen molar-refractivity contribution in [1.29, 1.82) is 0 Å². The third-order valence-electron chi connectivity index (χ3n) is 4.77. The third-order valence-corrected chi connectivity index (χ3v) is 5.83. The largest absolute Gasteiger partial charge is 0.575 e. The Balaban J connectivity index is 1.60. The highest BCUT2D eigenvalue weighted by Crippen LogP contribution is 2.39. The first-order valence-electron chi connectivity index (χ1n) is 9.90. The molecule has 0 aliphatic heterocycles. The molecule has 0 saturated carbocycles. The normalized spacial score (nSPS) is 12.4. The van der Waals surface area contributed by atoms with E-state index >= 15 is 0 Å². The molecule has 7 heteroatoms. The summed E-state index contributed by atoms with van der Waals surface area (Å²) in [5, 5.41) is 1.91. The molecule has 0 bridgehead atoms. The summed E-state index contributed by atoms with van der Waals surface area (Å²) < 4.78 is 15.2. The minimum absolute atomic E-state index is 0.0886. The van der Waals surface area contributed by atoms with E-state index in [1.807, 2.05) is 66.7 Å². The molecule has 0 heterocycles. The van der Waals surface area contributed by atoms with E-state index in [-0.39, 0.29) is 12.4 Å². The zero-order chi connectivity index (χ0) is 22.3. The number of benzene rings is 4. The molecule has 4 aromatic rings. The maximum Gasteiger partial charge on any atom is 0.395 e. The highest BCUT2D eigenvalue weighted by Gasteiger charge is 2.26. The van der Waals surface area contributed by atoms with E-state index in [1.165, 1.54) is 0 Å². The van der Waals surface area contributed by atoms with Crippen LogP contribution in [0.15, 0.2) is 102 Å². The summed E-state index contributed by atoms with van der Waals surface area (Å²) >= 11 is 6.29. The van der Waals surface area contributed by atoms with Gasteiger partial charge in [-0.3, -0.25) is 4.52 Å². The van der Waals surface area contributed by atoms with Gasteiger partial charge in [-0.25, -0.2) is 4.79 Å². The van der Waals surface area contributed by atoms with Gasteiger partial charge in [0.1, 0.15) is 6.61 Å². The van der Waals surface area contributed by atoms with Crippen molar-refractivity contribution in [3.8, 4) is 5.75 Å². The molecule has 0 saturated heterocycles. The average Bonchev–Trinajstić information content (AvgIpc) is 2.84. The molecule has 0 aliphatic rings. The van der Waals surface area contributed by atoms with Gasteiger partial charge in [0.2, 0.25) is 11.8 Å². The second-order valence-corrected chi connectivity index (χ2v) is 8.25. The third kappa shape index (κ3) is 5.32. The molecule has 0 fully saturated rings. The summed E-state index contributed by atoms with van der Waals surface area (Å²) in [4.78, 5) is 25.7. The Morgan fingerprint density at radius 2 is 1.56 bits per heavy atom. The zero-order valence-electron chi connectivity index (χ0n) is 16.9. The molecule has 0 N–H and O–H groups in total. The maximum absolute atomic E-state index is 12.9. The molecule has 0 spiro atoms. The van der Waals surface area contributed by atoms with E-state index in [9.17, 15) is 9.69 Å². The lowest BCUT2D eigenvalue weighted by molar-refractivity contribution is -0.169. The molecule has 1 unspecified atom stereocenters. The lowest BCUT2D eigenvalue weighted by Crippen LogP contribution is -2.15. The molecule has 5 nitrogen and oxygen atoms in total. The Labute approximate surface area is 191 Å². The predicted octanol–water partition coefficient (Wildman–Crippen LogP) is 6.21. The first-order valence-corrected chi connectivity index (χ1v) is 11.4. The van der Waals surface area contributed by atoms with Crippen LogP contribution in [0.4, 0.5) is 0 Å². The van der Waals surface area contributed by atoms with Crippen molar-refractivity contribution in [3.05, 3.63) is 113 Å². The van der Waals surface area contributed by atoms with Gasteiger partial charge in [0, 0.05) is 5.39 Å². The lowest BCUT2D eigenvalue weighted by atomic mass is 10.1. The Kier molecular flexibility index (Phi) is 7.13. The van der Waals surface area contributed by atoms with Gasteiger partial charge in [-0.1, -0.05) is 107 Å². The Morgan fingerprint density at radius 1 is 0.906 bits per heavy atom. The van der Waals surface area contributed by atoms with Crippen molar-refractivity contribution in [2.75, 3.05) is 0 Å². The molecular weight excluding hydrogens is 445 g/mol. The molecule has 32 heavy (non-hydrogen) atoms. The van der Waals surface area contributed by atoms with Gasteiger partial charge >= 0.3 is 14.1 Å². The average molecular weight is 464 g/mol. The molecule has 4 rings (SSSR count). The van der Waals surface area contributed by atoms with Gasteiger partial charge < -0.3 is 9.63 Å². The Morgan fingerprint density at radius 3 is 2.31 bits per heavy atom. The van der Waals surface area contributed by atoms with Gasteiger partial charge in [-0.05, 0) is 22.6 Å². The standard InChI is InChI=1S/C25H19ClNO4P/c26-22-16-15-19-11-7-8-14-21(19)24(22)31-32(29)27-23(20-12-5-2-6-13-20)25(28)30-17-18-9-3-1-4-10-18/h1-16,23H,17H2/t23-/m0/s1. The van der Waals surface area contributed by atoms with E-state index in [2.05, 4.69) is 4.74 Å². The molecule has 0 amide bonds. The van der Waals surface area contributed by atoms with E-state index in [0.717, 1.165) is 10.9 Å². The fourth-order valence-electron chi connectivity index (χ4n) is 3.20. The summed E-state index contributed by atoms with van der Waals surface area (Å²) in [5.41, 5.74) is 1.40. The smallest absolute Gasteiger partial charge is 0.395 e. The van der Waals surface area contributed by atoms with Crippen LogP contribution < -0.4 is 9.42 Å². The Bertz CT molecular complexity index is 1250. The zero-order valence-corrected chi connectivity index (χ0v) is 18.6. The molecule has 0 aliphatic carbocycles. The number of carbonyl (C=O) groups is 1. The van der Waals surface area contributed by atoms with Crippen molar-refractivity contribution in [3.63, 3.8) is 0 Å². The van der Waals surface area contributed by atoms with Crippen molar-refractivity contribution < 1.29 is 18.9 Å². The van der Waals surface area contributed by atoms with Crippen LogP contribution in [0.5, 0.6) is 5.75 Å². The van der Waals surface area contributed by atoms with Crippen LogP contribution in [0.3, 0.4) is 0 Å². The summed E-state index contributed by atoms with van der Waals surface area (Å²) in [5.74, 6) is -0.352. The number of hydrogen-bond donors (Lipinski definition) is 0. The minimum Gasteiger partial charge on any atom is -0.575 e. The van der Waals surface area contributed by atoms with Crippen molar-refractivity contribution >= 4 is 36.5 Å². The number of nitrogens with zero attached hydrogens (tertiary/aromatic N) is 1. The number of rotatable bonds is 7. The predicted molar refractivity (Wildman–Crippen MR) is 124 cm³/mol. The van der Waals surface area contributed by atoms with Gasteiger partial charge in [-0.15, -0.1) is 0 Å². The quantitative estimate of drug-likeness (QED) is 0.241. The fraction of sp³-hybridized carbons (Fsp3) is 0.0800. The van der Waals surface area contributed by atoms with Crippen LogP contribution in [-0.4, -0.2) is 5.97 Å².